The fourth-order valence-electron chi connectivity index (χ4n) is 2.09. The monoisotopic (exact) mass is 266 g/mol. The molecule has 0 radical (unpaired) electrons. The summed E-state index contributed by atoms with van der Waals surface area (Å²) in [5, 5.41) is 6.89. The van der Waals surface area contributed by atoms with Crippen molar-refractivity contribution in [2.45, 2.75) is 45.1 Å². The molecule has 0 aromatic carbocycles. The fourth-order valence-corrected chi connectivity index (χ4v) is 2.09. The van der Waals surface area contributed by atoms with Crippen LogP contribution in [0.1, 0.15) is 50.1 Å². The number of nitrogens with zero attached hydrogens (tertiary/aromatic N) is 3. The van der Waals surface area contributed by atoms with Gasteiger partial charge in [-0.3, -0.25) is 9.89 Å². The minimum absolute atomic E-state index is 0.126. The molecule has 1 fully saturated rings. The van der Waals surface area contributed by atoms with Crippen molar-refractivity contribution < 1.29 is 9.53 Å². The lowest BCUT2D eigenvalue weighted by atomic mass is 9.96. The van der Waals surface area contributed by atoms with Gasteiger partial charge in [0.05, 0.1) is 0 Å². The molecule has 1 aromatic heterocycles. The Balaban J connectivity index is 2.08. The average Bonchev–Trinajstić information content (AvgIpc) is 2.87. The Hall–Kier alpha value is -1.43. The highest BCUT2D eigenvalue weighted by atomic mass is 16.5. The maximum atomic E-state index is 12.3. The fraction of sp³-hybridized carbons (Fsp3) is 0.769. The van der Waals surface area contributed by atoms with Crippen LogP contribution in [0.3, 0.4) is 0 Å². The van der Waals surface area contributed by atoms with E-state index in [1.54, 1.807) is 4.90 Å². The first-order valence-corrected chi connectivity index (χ1v) is 6.67. The Morgan fingerprint density at radius 2 is 2.00 bits per heavy atom. The summed E-state index contributed by atoms with van der Waals surface area (Å²) < 4.78 is 5.31. The number of nitrogens with one attached hydrogen (secondary N) is 1. The smallest absolute Gasteiger partial charge is 0.293 e. The second-order valence-electron chi connectivity index (χ2n) is 6.02. The highest BCUT2D eigenvalue weighted by Gasteiger charge is 2.27. The predicted molar refractivity (Wildman–Crippen MR) is 71.0 cm³/mol. The summed E-state index contributed by atoms with van der Waals surface area (Å²) in [4.78, 5) is 18.4. The van der Waals surface area contributed by atoms with Gasteiger partial charge in [-0.2, -0.15) is 0 Å². The molecule has 19 heavy (non-hydrogen) atoms. The van der Waals surface area contributed by atoms with Gasteiger partial charge in [0, 0.05) is 31.7 Å². The molecule has 0 unspecified atom stereocenters. The largest absolute Gasteiger partial charge is 0.381 e. The first-order chi connectivity index (χ1) is 8.89. The molecule has 0 atom stereocenters. The van der Waals surface area contributed by atoms with Crippen molar-refractivity contribution in [1.82, 2.24) is 20.1 Å². The van der Waals surface area contributed by atoms with Crippen molar-refractivity contribution in [3.63, 3.8) is 0 Å². The molecule has 1 aliphatic rings. The Labute approximate surface area is 113 Å². The van der Waals surface area contributed by atoms with E-state index in [1.807, 2.05) is 27.8 Å². The van der Waals surface area contributed by atoms with Crippen LogP contribution in [-0.2, 0) is 10.2 Å². The molecule has 6 heteroatoms. The SMILES string of the molecule is CN(C(=O)c1n[nH]c(C(C)(C)C)n1)C1CCOCC1. The van der Waals surface area contributed by atoms with E-state index >= 15 is 0 Å². The van der Waals surface area contributed by atoms with E-state index in [0.717, 1.165) is 18.7 Å². The topological polar surface area (TPSA) is 71.1 Å². The van der Waals surface area contributed by atoms with Crippen LogP contribution in [0.25, 0.3) is 0 Å². The molecule has 2 heterocycles. The molecule has 0 aliphatic carbocycles. The van der Waals surface area contributed by atoms with Crippen LogP contribution in [0, 0.1) is 0 Å². The number of hydrogen-bond acceptors (Lipinski definition) is 4. The Kier molecular flexibility index (Phi) is 3.89. The number of carbonyl (C=O) groups excluding carboxylic acids is 1. The van der Waals surface area contributed by atoms with Gasteiger partial charge in [0.1, 0.15) is 5.82 Å². The van der Waals surface area contributed by atoms with Crippen LogP contribution in [0.5, 0.6) is 0 Å². The zero-order valence-electron chi connectivity index (χ0n) is 12.1. The summed E-state index contributed by atoms with van der Waals surface area (Å²) in [6, 6.07) is 0.220. The highest BCUT2D eigenvalue weighted by molar-refractivity contribution is 5.90. The molecule has 2 rings (SSSR count). The van der Waals surface area contributed by atoms with Gasteiger partial charge >= 0.3 is 0 Å². The van der Waals surface area contributed by atoms with E-state index in [9.17, 15) is 4.79 Å². The quantitative estimate of drug-likeness (QED) is 0.877. The third kappa shape index (κ3) is 3.12. The van der Waals surface area contributed by atoms with Crippen molar-refractivity contribution in [1.29, 1.82) is 0 Å². The third-order valence-corrected chi connectivity index (χ3v) is 3.45. The molecule has 0 bridgehead atoms. The van der Waals surface area contributed by atoms with Gasteiger partial charge < -0.3 is 9.64 Å². The number of carbonyl (C=O) groups is 1. The van der Waals surface area contributed by atoms with E-state index in [4.69, 9.17) is 4.74 Å². The third-order valence-electron chi connectivity index (χ3n) is 3.45. The van der Waals surface area contributed by atoms with Crippen LogP contribution in [0.2, 0.25) is 0 Å². The van der Waals surface area contributed by atoms with E-state index < -0.39 is 0 Å². The van der Waals surface area contributed by atoms with Crippen molar-refractivity contribution in [2.24, 2.45) is 0 Å². The minimum atomic E-state index is -0.136. The number of amides is 1. The molecule has 1 saturated heterocycles. The van der Waals surface area contributed by atoms with Gasteiger partial charge in [0.2, 0.25) is 5.82 Å². The van der Waals surface area contributed by atoms with Crippen LogP contribution in [0.4, 0.5) is 0 Å². The molecular weight excluding hydrogens is 244 g/mol. The van der Waals surface area contributed by atoms with E-state index in [1.165, 1.54) is 0 Å². The summed E-state index contributed by atoms with van der Waals surface area (Å²) in [5.41, 5.74) is -0.136. The van der Waals surface area contributed by atoms with Crippen molar-refractivity contribution >= 4 is 5.91 Å². The van der Waals surface area contributed by atoms with Crippen LogP contribution in [-0.4, -0.2) is 52.3 Å². The van der Waals surface area contributed by atoms with Crippen molar-refractivity contribution in [2.75, 3.05) is 20.3 Å². The van der Waals surface area contributed by atoms with Gasteiger partial charge in [-0.15, -0.1) is 5.10 Å². The number of rotatable bonds is 2. The molecule has 1 N–H and O–H groups in total. The minimum Gasteiger partial charge on any atom is -0.381 e. The van der Waals surface area contributed by atoms with E-state index in [0.29, 0.717) is 13.2 Å². The summed E-state index contributed by atoms with van der Waals surface area (Å²) in [6.07, 6.45) is 1.75. The first kappa shape index (κ1) is 14.0. The standard InChI is InChI=1S/C13H22N4O2/c1-13(2,3)12-14-10(15-16-12)11(18)17(4)9-5-7-19-8-6-9/h9H,5-8H2,1-4H3,(H,14,15,16). The molecule has 1 amide bonds. The molecule has 1 aromatic rings. The molecule has 0 saturated carbocycles. The summed E-state index contributed by atoms with van der Waals surface area (Å²) >= 11 is 0. The number of aromatic amines is 1. The van der Waals surface area contributed by atoms with Gasteiger partial charge in [0.25, 0.3) is 5.91 Å². The van der Waals surface area contributed by atoms with Gasteiger partial charge in [0.15, 0.2) is 0 Å². The lowest BCUT2D eigenvalue weighted by Crippen LogP contribution is -2.41. The zero-order valence-corrected chi connectivity index (χ0v) is 12.1. The van der Waals surface area contributed by atoms with Gasteiger partial charge in [-0.05, 0) is 12.8 Å². The number of hydrogen-bond donors (Lipinski definition) is 1. The summed E-state index contributed by atoms with van der Waals surface area (Å²) in [6.45, 7) is 7.52. The summed E-state index contributed by atoms with van der Waals surface area (Å²) in [5.74, 6) is 0.855. The zero-order chi connectivity index (χ0) is 14.0. The van der Waals surface area contributed by atoms with Gasteiger partial charge in [-0.1, -0.05) is 20.8 Å². The second kappa shape index (κ2) is 5.28. The Morgan fingerprint density at radius 1 is 1.37 bits per heavy atom. The Morgan fingerprint density at radius 3 is 2.53 bits per heavy atom. The normalized spacial score (nSPS) is 17.5. The second-order valence-corrected chi connectivity index (χ2v) is 6.02. The maximum Gasteiger partial charge on any atom is 0.293 e. The Bertz CT molecular complexity index is 444. The van der Waals surface area contributed by atoms with Crippen LogP contribution >= 0.6 is 0 Å². The number of H-pyrrole nitrogens is 1. The lowest BCUT2D eigenvalue weighted by molar-refractivity contribution is 0.0355. The first-order valence-electron chi connectivity index (χ1n) is 6.67. The lowest BCUT2D eigenvalue weighted by Gasteiger charge is -2.30. The maximum absolute atomic E-state index is 12.3. The van der Waals surface area contributed by atoms with Crippen molar-refractivity contribution in [3.8, 4) is 0 Å². The molecule has 6 nitrogen and oxygen atoms in total. The molecule has 106 valence electrons. The predicted octanol–water partition coefficient (Wildman–Crippen LogP) is 1.35. The van der Waals surface area contributed by atoms with Crippen LogP contribution < -0.4 is 0 Å². The van der Waals surface area contributed by atoms with Crippen molar-refractivity contribution in [3.05, 3.63) is 11.6 Å². The summed E-state index contributed by atoms with van der Waals surface area (Å²) in [7, 11) is 1.81. The van der Waals surface area contributed by atoms with E-state index in [2.05, 4.69) is 15.2 Å². The number of ether oxygens (including phenoxy) is 1. The van der Waals surface area contributed by atoms with Gasteiger partial charge in [-0.25, -0.2) is 4.98 Å². The molecule has 1 aliphatic heterocycles. The number of aromatic nitrogens is 3. The van der Waals surface area contributed by atoms with Crippen LogP contribution in [0.15, 0.2) is 0 Å². The molecular formula is C13H22N4O2. The molecule has 0 spiro atoms. The highest BCUT2D eigenvalue weighted by Crippen LogP contribution is 2.19. The van der Waals surface area contributed by atoms with E-state index in [-0.39, 0.29) is 23.2 Å². The average molecular weight is 266 g/mol.